The summed E-state index contributed by atoms with van der Waals surface area (Å²) in [6.45, 7) is 12.6. The van der Waals surface area contributed by atoms with Crippen LogP contribution in [0.3, 0.4) is 0 Å². The number of esters is 1. The zero-order chi connectivity index (χ0) is 33.7. The van der Waals surface area contributed by atoms with Crippen LogP contribution in [-0.2, 0) is 37.0 Å². The second kappa shape index (κ2) is 17.3. The van der Waals surface area contributed by atoms with Gasteiger partial charge in [0.1, 0.15) is 35.8 Å². The molecule has 0 unspecified atom stereocenters. The smallest absolute Gasteiger partial charge is 0.408 e. The highest BCUT2D eigenvalue weighted by molar-refractivity contribution is 5.90. The summed E-state index contributed by atoms with van der Waals surface area (Å²) >= 11 is 0. The molecule has 4 N–H and O–H groups in total. The average Bonchev–Trinajstić information content (AvgIpc) is 2.94. The molecule has 0 aliphatic rings. The molecule has 0 saturated heterocycles. The molecule has 2 aromatic rings. The van der Waals surface area contributed by atoms with Crippen LogP contribution in [0.25, 0.3) is 0 Å². The highest BCUT2D eigenvalue weighted by Gasteiger charge is 2.40. The van der Waals surface area contributed by atoms with Crippen LogP contribution in [0.5, 0.6) is 11.5 Å². The lowest BCUT2D eigenvalue weighted by Gasteiger charge is -2.37. The number of phenolic OH excluding ortho intramolecular Hbond substituents is 1. The number of nitrogens with two attached hydrogens (primary N) is 1. The van der Waals surface area contributed by atoms with Crippen LogP contribution in [0.15, 0.2) is 48.5 Å². The molecule has 248 valence electrons. The summed E-state index contributed by atoms with van der Waals surface area (Å²) in [5, 5.41) is 13.6. The van der Waals surface area contributed by atoms with Gasteiger partial charge >= 0.3 is 12.1 Å². The first-order valence-electron chi connectivity index (χ1n) is 15.3. The molecule has 0 bridgehead atoms. The molecule has 3 amide bonds. The Labute approximate surface area is 266 Å². The average molecular weight is 628 g/mol. The number of aromatic hydroxyl groups is 1. The second-order valence-corrected chi connectivity index (χ2v) is 12.7. The molecule has 0 heterocycles. The van der Waals surface area contributed by atoms with Crippen LogP contribution in [0, 0.1) is 11.8 Å². The van der Waals surface area contributed by atoms with Crippen LogP contribution in [0.2, 0.25) is 0 Å². The molecule has 0 aliphatic heterocycles. The second-order valence-electron chi connectivity index (χ2n) is 12.7. The van der Waals surface area contributed by atoms with Gasteiger partial charge in [0, 0.05) is 18.1 Å². The number of carbonyl (C=O) groups is 4. The first-order chi connectivity index (χ1) is 21.1. The summed E-state index contributed by atoms with van der Waals surface area (Å²) in [5.74, 6) is -1.97. The maximum Gasteiger partial charge on any atom is 0.408 e. The summed E-state index contributed by atoms with van der Waals surface area (Å²) in [6, 6.07) is 11.8. The number of amides is 3. The van der Waals surface area contributed by atoms with E-state index in [1.54, 1.807) is 60.6 Å². The van der Waals surface area contributed by atoms with Crippen LogP contribution in [0.1, 0.15) is 78.9 Å². The third-order valence-electron chi connectivity index (χ3n) is 6.80. The fraction of sp³-hybridized carbons (Fsp3) is 0.529. The zero-order valence-electron chi connectivity index (χ0n) is 27.5. The molecule has 2 rings (SSSR count). The van der Waals surface area contributed by atoms with Gasteiger partial charge in [-0.3, -0.25) is 9.59 Å². The quantitative estimate of drug-likeness (QED) is 0.172. The van der Waals surface area contributed by atoms with E-state index in [0.717, 1.165) is 5.56 Å². The van der Waals surface area contributed by atoms with Crippen molar-refractivity contribution in [1.29, 1.82) is 0 Å². The van der Waals surface area contributed by atoms with Crippen molar-refractivity contribution < 1.29 is 38.5 Å². The lowest BCUT2D eigenvalue weighted by molar-refractivity contribution is -0.168. The van der Waals surface area contributed by atoms with Crippen molar-refractivity contribution in [3.63, 3.8) is 0 Å². The largest absolute Gasteiger partial charge is 0.507 e. The predicted octanol–water partition coefficient (Wildman–Crippen LogP) is 5.07. The Bertz CT molecular complexity index is 1270. The lowest BCUT2D eigenvalue weighted by atomic mass is 9.96. The van der Waals surface area contributed by atoms with Gasteiger partial charge in [-0.1, -0.05) is 58.0 Å². The lowest BCUT2D eigenvalue weighted by Crippen LogP contribution is -2.57. The maximum absolute atomic E-state index is 14.3. The number of benzene rings is 2. The van der Waals surface area contributed by atoms with E-state index in [2.05, 4.69) is 5.32 Å². The number of hydrogen-bond acceptors (Lipinski definition) is 8. The van der Waals surface area contributed by atoms with Gasteiger partial charge < -0.3 is 35.3 Å². The van der Waals surface area contributed by atoms with E-state index in [0.29, 0.717) is 30.8 Å². The van der Waals surface area contributed by atoms with Gasteiger partial charge in [0.05, 0.1) is 13.2 Å². The predicted molar refractivity (Wildman–Crippen MR) is 170 cm³/mol. The monoisotopic (exact) mass is 627 g/mol. The van der Waals surface area contributed by atoms with E-state index < -0.39 is 35.7 Å². The number of nitrogens with zero attached hydrogens (tertiary/aromatic N) is 1. The molecule has 11 nitrogen and oxygen atoms in total. The molecular weight excluding hydrogens is 578 g/mol. The van der Waals surface area contributed by atoms with Crippen molar-refractivity contribution in [3.05, 3.63) is 59.7 Å². The van der Waals surface area contributed by atoms with Crippen molar-refractivity contribution in [2.45, 2.75) is 98.6 Å². The fourth-order valence-corrected chi connectivity index (χ4v) is 4.56. The van der Waals surface area contributed by atoms with Gasteiger partial charge in [-0.15, -0.1) is 0 Å². The number of hydrogen-bond donors (Lipinski definition) is 3. The maximum atomic E-state index is 14.3. The topological polar surface area (TPSA) is 157 Å². The Balaban J connectivity index is 2.34. The molecule has 2 aromatic carbocycles. The Morgan fingerprint density at radius 3 is 2.18 bits per heavy atom. The van der Waals surface area contributed by atoms with E-state index >= 15 is 0 Å². The van der Waals surface area contributed by atoms with Crippen molar-refractivity contribution >= 4 is 23.9 Å². The Morgan fingerprint density at radius 1 is 0.956 bits per heavy atom. The minimum atomic E-state index is -1.04. The number of alkyl carbamates (subject to hydrolysis) is 1. The first kappa shape index (κ1) is 36.9. The number of unbranched alkanes of at least 4 members (excludes halogenated alkanes) is 1. The summed E-state index contributed by atoms with van der Waals surface area (Å²) < 4.78 is 16.8. The van der Waals surface area contributed by atoms with Crippen molar-refractivity contribution in [3.8, 4) is 11.5 Å². The van der Waals surface area contributed by atoms with E-state index in [9.17, 15) is 24.3 Å². The van der Waals surface area contributed by atoms with Gasteiger partial charge in [0.2, 0.25) is 11.8 Å². The van der Waals surface area contributed by atoms with E-state index in [1.807, 2.05) is 30.3 Å². The van der Waals surface area contributed by atoms with Gasteiger partial charge in [-0.25, -0.2) is 9.59 Å². The Kier molecular flexibility index (Phi) is 14.2. The minimum Gasteiger partial charge on any atom is -0.507 e. The number of nitrogens with one attached hydrogen (secondary N) is 1. The third-order valence-corrected chi connectivity index (χ3v) is 6.80. The summed E-state index contributed by atoms with van der Waals surface area (Å²) in [7, 11) is 0. The Hall–Kier alpha value is -4.28. The SMILES string of the molecule is CC(C)[C@H](NC(=O)OCc1ccccc1)C(=O)N(Cc1ccc(OCCCCC(N)=O)cc1O)[C@H](C(=O)OC(C)(C)C)C(C)C. The third kappa shape index (κ3) is 12.7. The number of primary amides is 1. The molecule has 11 heteroatoms. The molecule has 0 radical (unpaired) electrons. The van der Waals surface area contributed by atoms with E-state index in [1.165, 1.54) is 11.0 Å². The first-order valence-corrected chi connectivity index (χ1v) is 15.3. The van der Waals surface area contributed by atoms with Gasteiger partial charge in [-0.05, 0) is 63.1 Å². The van der Waals surface area contributed by atoms with Crippen molar-refractivity contribution in [2.75, 3.05) is 6.61 Å². The number of phenols is 1. The van der Waals surface area contributed by atoms with Crippen molar-refractivity contribution in [2.24, 2.45) is 17.6 Å². The van der Waals surface area contributed by atoms with Gasteiger partial charge in [-0.2, -0.15) is 0 Å². The highest BCUT2D eigenvalue weighted by Crippen LogP contribution is 2.28. The zero-order valence-corrected chi connectivity index (χ0v) is 27.5. The van der Waals surface area contributed by atoms with Gasteiger partial charge in [0.25, 0.3) is 0 Å². The van der Waals surface area contributed by atoms with Crippen LogP contribution < -0.4 is 15.8 Å². The number of carbonyl (C=O) groups excluding carboxylic acids is 4. The Morgan fingerprint density at radius 2 is 1.62 bits per heavy atom. The molecule has 0 spiro atoms. The molecule has 0 aromatic heterocycles. The number of ether oxygens (including phenoxy) is 3. The fourth-order valence-electron chi connectivity index (χ4n) is 4.56. The summed E-state index contributed by atoms with van der Waals surface area (Å²) in [5.41, 5.74) is 5.52. The molecule has 0 aliphatic carbocycles. The summed E-state index contributed by atoms with van der Waals surface area (Å²) in [6.07, 6.45) is 0.687. The van der Waals surface area contributed by atoms with Gasteiger partial charge in [0.15, 0.2) is 0 Å². The van der Waals surface area contributed by atoms with Crippen LogP contribution >= 0.6 is 0 Å². The molecule has 45 heavy (non-hydrogen) atoms. The molecule has 2 atom stereocenters. The van der Waals surface area contributed by atoms with Crippen molar-refractivity contribution in [1.82, 2.24) is 10.2 Å². The standard InChI is InChI=1S/C34H49N3O8/c1-22(2)29(36-33(42)44-21-24-13-9-8-10-14-24)31(40)37(30(23(3)4)32(41)45-34(5,6)7)20-25-16-17-26(19-27(25)38)43-18-12-11-15-28(35)39/h8-10,13-14,16-17,19,22-23,29-30,38H,11-12,15,18,20-21H2,1-7H3,(H2,35,39)(H,36,42)/t29-,30-/m0/s1. The summed E-state index contributed by atoms with van der Waals surface area (Å²) in [4.78, 5) is 52.9. The van der Waals surface area contributed by atoms with E-state index in [-0.39, 0.29) is 43.1 Å². The highest BCUT2D eigenvalue weighted by atomic mass is 16.6. The molecular formula is C34H49N3O8. The minimum absolute atomic E-state index is 0.0232. The normalized spacial score (nSPS) is 12.7. The molecule has 0 fully saturated rings. The number of rotatable bonds is 16. The molecule has 0 saturated carbocycles. The van der Waals surface area contributed by atoms with E-state index in [4.69, 9.17) is 19.9 Å². The van der Waals surface area contributed by atoms with Crippen LogP contribution in [0.4, 0.5) is 4.79 Å². The van der Waals surface area contributed by atoms with Crippen LogP contribution in [-0.4, -0.2) is 58.2 Å².